The topological polar surface area (TPSA) is 72.2 Å². The van der Waals surface area contributed by atoms with Crippen molar-refractivity contribution in [1.82, 2.24) is 9.71 Å². The molecule has 0 atom stereocenters. The van der Waals surface area contributed by atoms with Crippen LogP contribution in [-0.4, -0.2) is 19.9 Å². The van der Waals surface area contributed by atoms with E-state index in [9.17, 15) is 12.8 Å². The van der Waals surface area contributed by atoms with Crippen LogP contribution in [0.2, 0.25) is 0 Å². The molecule has 3 aromatic rings. The Bertz CT molecular complexity index is 952. The van der Waals surface area contributed by atoms with Gasteiger partial charge in [0.25, 0.3) is 0 Å². The summed E-state index contributed by atoms with van der Waals surface area (Å²) >= 11 is 0. The van der Waals surface area contributed by atoms with Gasteiger partial charge in [-0.25, -0.2) is 22.5 Å². The van der Waals surface area contributed by atoms with E-state index in [-0.39, 0.29) is 17.3 Å². The maximum Gasteiger partial charge on any atom is 0.240 e. The fraction of sp³-hybridized carbons (Fsp3) is 0.167. The monoisotopic (exact) mass is 360 g/mol. The van der Waals surface area contributed by atoms with E-state index in [0.29, 0.717) is 29.3 Å². The fourth-order valence-corrected chi connectivity index (χ4v) is 3.42. The molecule has 3 rings (SSSR count). The summed E-state index contributed by atoms with van der Waals surface area (Å²) in [5, 5.41) is 0. The first kappa shape index (κ1) is 17.3. The number of rotatable bonds is 6. The normalized spacial score (nSPS) is 11.6. The first-order chi connectivity index (χ1) is 12.0. The van der Waals surface area contributed by atoms with Gasteiger partial charge in [-0.2, -0.15) is 0 Å². The zero-order valence-electron chi connectivity index (χ0n) is 13.6. The minimum absolute atomic E-state index is 0.202. The van der Waals surface area contributed by atoms with Crippen LogP contribution in [-0.2, 0) is 16.4 Å². The molecule has 2 aromatic carbocycles. The molecule has 1 heterocycles. The number of sulfonamides is 1. The van der Waals surface area contributed by atoms with E-state index >= 15 is 0 Å². The quantitative estimate of drug-likeness (QED) is 0.732. The Morgan fingerprint density at radius 1 is 1.08 bits per heavy atom. The first-order valence-electron chi connectivity index (χ1n) is 7.73. The van der Waals surface area contributed by atoms with Gasteiger partial charge in [-0.3, -0.25) is 0 Å². The summed E-state index contributed by atoms with van der Waals surface area (Å²) in [6.07, 6.45) is 0.391. The molecule has 0 fully saturated rings. The van der Waals surface area contributed by atoms with Crippen LogP contribution in [0.4, 0.5) is 4.39 Å². The minimum atomic E-state index is -3.54. The second kappa shape index (κ2) is 7.16. The largest absolute Gasteiger partial charge is 0.441 e. The van der Waals surface area contributed by atoms with E-state index in [2.05, 4.69) is 9.71 Å². The molecule has 0 saturated carbocycles. The second-order valence-electron chi connectivity index (χ2n) is 5.49. The van der Waals surface area contributed by atoms with E-state index in [1.54, 1.807) is 37.3 Å². The number of hydrogen-bond acceptors (Lipinski definition) is 4. The number of oxazole rings is 1. The Hall–Kier alpha value is -2.51. The molecule has 1 aromatic heterocycles. The maximum absolute atomic E-state index is 13.0. The molecule has 0 amide bonds. The van der Waals surface area contributed by atoms with Crippen molar-refractivity contribution in [2.45, 2.75) is 18.2 Å². The number of benzene rings is 2. The van der Waals surface area contributed by atoms with Crippen LogP contribution in [0.25, 0.3) is 11.5 Å². The van der Waals surface area contributed by atoms with Gasteiger partial charge in [0.05, 0.1) is 10.6 Å². The van der Waals surface area contributed by atoms with Crippen molar-refractivity contribution in [2.75, 3.05) is 6.54 Å². The molecule has 0 aliphatic rings. The number of aromatic nitrogens is 1. The van der Waals surface area contributed by atoms with E-state index in [1.807, 2.05) is 0 Å². The Morgan fingerprint density at radius 3 is 2.44 bits per heavy atom. The molecule has 0 bridgehead atoms. The first-order valence-corrected chi connectivity index (χ1v) is 9.21. The lowest BCUT2D eigenvalue weighted by molar-refractivity contribution is 0.538. The highest BCUT2D eigenvalue weighted by Gasteiger charge is 2.15. The Labute approximate surface area is 145 Å². The summed E-state index contributed by atoms with van der Waals surface area (Å²) in [6, 6.07) is 14.0. The molecule has 0 aliphatic heterocycles. The average Bonchev–Trinajstić information content (AvgIpc) is 2.97. The van der Waals surface area contributed by atoms with Crippen molar-refractivity contribution in [3.63, 3.8) is 0 Å². The molecule has 0 radical (unpaired) electrons. The lowest BCUT2D eigenvalue weighted by Crippen LogP contribution is -2.26. The van der Waals surface area contributed by atoms with Gasteiger partial charge >= 0.3 is 0 Å². The van der Waals surface area contributed by atoms with Gasteiger partial charge in [0.1, 0.15) is 11.6 Å². The lowest BCUT2D eigenvalue weighted by Gasteiger charge is -2.05. The highest BCUT2D eigenvalue weighted by atomic mass is 32.2. The third-order valence-corrected chi connectivity index (χ3v) is 5.17. The lowest BCUT2D eigenvalue weighted by atomic mass is 10.2. The molecule has 5 nitrogen and oxygen atoms in total. The molecule has 0 aliphatic carbocycles. The van der Waals surface area contributed by atoms with Crippen LogP contribution in [0.15, 0.2) is 63.9 Å². The van der Waals surface area contributed by atoms with Gasteiger partial charge in [0.15, 0.2) is 0 Å². The van der Waals surface area contributed by atoms with Crippen LogP contribution >= 0.6 is 0 Å². The predicted octanol–water partition coefficient (Wildman–Crippen LogP) is 3.31. The fourth-order valence-electron chi connectivity index (χ4n) is 2.36. The van der Waals surface area contributed by atoms with Crippen molar-refractivity contribution in [3.8, 4) is 11.5 Å². The van der Waals surface area contributed by atoms with Crippen molar-refractivity contribution < 1.29 is 17.2 Å². The molecule has 0 unspecified atom stereocenters. The van der Waals surface area contributed by atoms with E-state index in [1.165, 1.54) is 24.3 Å². The number of hydrogen-bond donors (Lipinski definition) is 1. The van der Waals surface area contributed by atoms with Crippen LogP contribution in [0, 0.1) is 12.7 Å². The van der Waals surface area contributed by atoms with Crippen molar-refractivity contribution in [3.05, 3.63) is 71.9 Å². The third-order valence-electron chi connectivity index (χ3n) is 3.69. The summed E-state index contributed by atoms with van der Waals surface area (Å²) in [5.74, 6) is 0.666. The summed E-state index contributed by atoms with van der Waals surface area (Å²) in [5.41, 5.74) is 1.33. The molecule has 7 heteroatoms. The summed E-state index contributed by atoms with van der Waals surface area (Å²) < 4.78 is 45.5. The van der Waals surface area contributed by atoms with E-state index in [0.717, 1.165) is 0 Å². The molecule has 0 spiro atoms. The van der Waals surface area contributed by atoms with Crippen LogP contribution < -0.4 is 4.72 Å². The van der Waals surface area contributed by atoms with Gasteiger partial charge in [0, 0.05) is 18.5 Å². The molecule has 130 valence electrons. The number of nitrogens with one attached hydrogen (secondary N) is 1. The standard InChI is InChI=1S/C18H17FN2O3S/c1-13-17(21-18(24-13)14-7-9-15(19)10-8-14)11-12-20-25(22,23)16-5-3-2-4-6-16/h2-10,20H,11-12H2,1H3. The van der Waals surface area contributed by atoms with Gasteiger partial charge in [-0.15, -0.1) is 0 Å². The highest BCUT2D eigenvalue weighted by Crippen LogP contribution is 2.22. The summed E-state index contributed by atoms with van der Waals surface area (Å²) in [6.45, 7) is 1.97. The SMILES string of the molecule is Cc1oc(-c2ccc(F)cc2)nc1CCNS(=O)(=O)c1ccccc1. The molecular weight excluding hydrogens is 343 g/mol. The minimum Gasteiger partial charge on any atom is -0.441 e. The van der Waals surface area contributed by atoms with Gasteiger partial charge < -0.3 is 4.42 Å². The van der Waals surface area contributed by atoms with Crippen molar-refractivity contribution in [2.24, 2.45) is 0 Å². The van der Waals surface area contributed by atoms with Gasteiger partial charge in [-0.1, -0.05) is 18.2 Å². The molecule has 1 N–H and O–H groups in total. The zero-order valence-corrected chi connectivity index (χ0v) is 14.4. The van der Waals surface area contributed by atoms with Crippen LogP contribution in [0.5, 0.6) is 0 Å². The zero-order chi connectivity index (χ0) is 17.9. The van der Waals surface area contributed by atoms with Crippen molar-refractivity contribution in [1.29, 1.82) is 0 Å². The van der Waals surface area contributed by atoms with E-state index < -0.39 is 10.0 Å². The molecular formula is C18H17FN2O3S. The Morgan fingerprint density at radius 2 is 1.76 bits per heavy atom. The van der Waals surface area contributed by atoms with Gasteiger partial charge in [-0.05, 0) is 43.3 Å². The summed E-state index contributed by atoms with van der Waals surface area (Å²) in [4.78, 5) is 4.60. The van der Waals surface area contributed by atoms with Gasteiger partial charge in [0.2, 0.25) is 15.9 Å². The molecule has 25 heavy (non-hydrogen) atoms. The third kappa shape index (κ3) is 4.12. The summed E-state index contributed by atoms with van der Waals surface area (Å²) in [7, 11) is -3.54. The number of halogens is 1. The number of nitrogens with zero attached hydrogens (tertiary/aromatic N) is 1. The van der Waals surface area contributed by atoms with E-state index in [4.69, 9.17) is 4.42 Å². The second-order valence-corrected chi connectivity index (χ2v) is 7.26. The highest BCUT2D eigenvalue weighted by molar-refractivity contribution is 7.89. The average molecular weight is 360 g/mol. The smallest absolute Gasteiger partial charge is 0.240 e. The predicted molar refractivity (Wildman–Crippen MR) is 92.0 cm³/mol. The van der Waals surface area contributed by atoms with Crippen LogP contribution in [0.3, 0.4) is 0 Å². The Kier molecular flexibility index (Phi) is 4.96. The molecule has 0 saturated heterocycles. The Balaban J connectivity index is 1.67. The van der Waals surface area contributed by atoms with Crippen LogP contribution in [0.1, 0.15) is 11.5 Å². The van der Waals surface area contributed by atoms with Crippen molar-refractivity contribution >= 4 is 10.0 Å². The maximum atomic E-state index is 13.0. The number of aryl methyl sites for hydroxylation is 1.